The summed E-state index contributed by atoms with van der Waals surface area (Å²) in [7, 11) is 0. The molecule has 3 heteroatoms. The molecule has 0 bridgehead atoms. The Kier molecular flexibility index (Phi) is 5.88. The second-order valence-corrected chi connectivity index (χ2v) is 7.93. The normalized spacial score (nSPS) is 16.7. The van der Waals surface area contributed by atoms with Crippen LogP contribution in [0.25, 0.3) is 0 Å². The van der Waals surface area contributed by atoms with Crippen LogP contribution in [0.4, 0.5) is 5.69 Å². The summed E-state index contributed by atoms with van der Waals surface area (Å²) in [4.78, 5) is 13.3. The van der Waals surface area contributed by atoms with Crippen molar-refractivity contribution in [2.24, 2.45) is 0 Å². The number of anilines is 1. The van der Waals surface area contributed by atoms with Gasteiger partial charge in [0.1, 0.15) is 5.75 Å². The highest BCUT2D eigenvalue weighted by Crippen LogP contribution is 2.42. The van der Waals surface area contributed by atoms with Crippen LogP contribution in [-0.4, -0.2) is 12.0 Å². The van der Waals surface area contributed by atoms with Gasteiger partial charge >= 0.3 is 0 Å². The summed E-state index contributed by atoms with van der Waals surface area (Å²) >= 11 is 0. The van der Waals surface area contributed by atoms with Crippen LogP contribution in [0, 0.1) is 13.8 Å². The molecule has 3 rings (SSSR count). The summed E-state index contributed by atoms with van der Waals surface area (Å²) < 4.78 is 5.94. The van der Waals surface area contributed by atoms with E-state index < -0.39 is 5.41 Å². The second kappa shape index (κ2) is 8.16. The lowest BCUT2D eigenvalue weighted by Gasteiger charge is -2.29. The highest BCUT2D eigenvalue weighted by molar-refractivity contribution is 5.99. The maximum absolute atomic E-state index is 13.3. The fourth-order valence-corrected chi connectivity index (χ4v) is 3.98. The third-order valence-corrected chi connectivity index (χ3v) is 5.80. The van der Waals surface area contributed by atoms with Crippen molar-refractivity contribution in [2.75, 3.05) is 5.32 Å². The molecule has 1 aliphatic rings. The maximum Gasteiger partial charge on any atom is 0.235 e. The van der Waals surface area contributed by atoms with Gasteiger partial charge in [-0.15, -0.1) is 0 Å². The average molecular weight is 366 g/mol. The topological polar surface area (TPSA) is 38.3 Å². The average Bonchev–Trinajstić information content (AvgIpc) is 3.15. The smallest absolute Gasteiger partial charge is 0.235 e. The Morgan fingerprint density at radius 3 is 2.52 bits per heavy atom. The van der Waals surface area contributed by atoms with Gasteiger partial charge in [-0.3, -0.25) is 4.79 Å². The summed E-state index contributed by atoms with van der Waals surface area (Å²) in [5.74, 6) is 0.997. The molecule has 1 fully saturated rings. The molecule has 2 aromatic rings. The maximum atomic E-state index is 13.3. The van der Waals surface area contributed by atoms with Gasteiger partial charge < -0.3 is 10.1 Å². The molecule has 27 heavy (non-hydrogen) atoms. The van der Waals surface area contributed by atoms with Crippen molar-refractivity contribution in [2.45, 2.75) is 71.3 Å². The van der Waals surface area contributed by atoms with Crippen LogP contribution >= 0.6 is 0 Å². The van der Waals surface area contributed by atoms with E-state index >= 15 is 0 Å². The largest absolute Gasteiger partial charge is 0.490 e. The van der Waals surface area contributed by atoms with Gasteiger partial charge in [0.25, 0.3) is 0 Å². The van der Waals surface area contributed by atoms with E-state index in [-0.39, 0.29) is 12.0 Å². The monoisotopic (exact) mass is 365 g/mol. The minimum Gasteiger partial charge on any atom is -0.490 e. The zero-order valence-corrected chi connectivity index (χ0v) is 17.0. The minimum absolute atomic E-state index is 0.112. The van der Waals surface area contributed by atoms with Gasteiger partial charge in [0.15, 0.2) is 0 Å². The lowest BCUT2D eigenvalue weighted by molar-refractivity contribution is -0.121. The van der Waals surface area contributed by atoms with Crippen molar-refractivity contribution in [3.05, 3.63) is 59.2 Å². The summed E-state index contributed by atoms with van der Waals surface area (Å²) in [5.41, 5.74) is 3.82. The fraction of sp³-hybridized carbons (Fsp3) is 0.458. The number of benzene rings is 2. The zero-order chi connectivity index (χ0) is 19.4. The Balaban J connectivity index is 1.82. The predicted molar refractivity (Wildman–Crippen MR) is 112 cm³/mol. The van der Waals surface area contributed by atoms with Gasteiger partial charge in [-0.2, -0.15) is 0 Å². The number of rotatable bonds is 6. The molecule has 1 atom stereocenters. The van der Waals surface area contributed by atoms with E-state index in [2.05, 4.69) is 50.4 Å². The number of hydrogen-bond acceptors (Lipinski definition) is 2. The van der Waals surface area contributed by atoms with E-state index in [0.29, 0.717) is 0 Å². The molecule has 3 nitrogen and oxygen atoms in total. The van der Waals surface area contributed by atoms with Crippen molar-refractivity contribution >= 4 is 11.6 Å². The summed E-state index contributed by atoms with van der Waals surface area (Å²) in [6, 6.07) is 14.3. The Bertz CT molecular complexity index is 806. The predicted octanol–water partition coefficient (Wildman–Crippen LogP) is 5.93. The third-order valence-electron chi connectivity index (χ3n) is 5.80. The number of amides is 1. The first-order chi connectivity index (χ1) is 12.9. The number of aryl methyl sites for hydroxylation is 2. The van der Waals surface area contributed by atoms with Crippen LogP contribution in [0.3, 0.4) is 0 Å². The molecule has 1 amide bonds. The molecule has 0 aromatic heterocycles. The molecule has 2 aromatic carbocycles. The van der Waals surface area contributed by atoms with Gasteiger partial charge in [-0.25, -0.2) is 0 Å². The lowest BCUT2D eigenvalue weighted by atomic mass is 9.77. The standard InChI is InChI=1S/C24H31NO2/c1-5-19(4)27-22-12-11-21(16-18(22)3)25-23(26)24(13-6-7-14-24)20-10-8-9-17(2)15-20/h8-12,15-16,19H,5-7,13-14H2,1-4H3,(H,25,26)/t19-/m1/s1. The van der Waals surface area contributed by atoms with Crippen molar-refractivity contribution in [3.63, 3.8) is 0 Å². The molecule has 1 aliphatic carbocycles. The van der Waals surface area contributed by atoms with Gasteiger partial charge in [-0.05, 0) is 69.4 Å². The van der Waals surface area contributed by atoms with E-state index in [1.165, 1.54) is 5.56 Å². The molecule has 0 spiro atoms. The quantitative estimate of drug-likeness (QED) is 0.689. The highest BCUT2D eigenvalue weighted by Gasteiger charge is 2.42. The van der Waals surface area contributed by atoms with Gasteiger partial charge in [0, 0.05) is 5.69 Å². The Morgan fingerprint density at radius 2 is 1.89 bits per heavy atom. The Morgan fingerprint density at radius 1 is 1.15 bits per heavy atom. The van der Waals surface area contributed by atoms with E-state index in [0.717, 1.165) is 54.7 Å². The van der Waals surface area contributed by atoms with E-state index in [1.54, 1.807) is 0 Å². The zero-order valence-electron chi connectivity index (χ0n) is 17.0. The molecule has 0 aliphatic heterocycles. The van der Waals surface area contributed by atoms with Crippen molar-refractivity contribution in [1.29, 1.82) is 0 Å². The van der Waals surface area contributed by atoms with Crippen molar-refractivity contribution in [1.82, 2.24) is 0 Å². The van der Waals surface area contributed by atoms with Crippen LogP contribution in [0.5, 0.6) is 5.75 Å². The molecule has 0 heterocycles. The van der Waals surface area contributed by atoms with Gasteiger partial charge in [-0.1, -0.05) is 49.6 Å². The SMILES string of the molecule is CC[C@@H](C)Oc1ccc(NC(=O)C2(c3cccc(C)c3)CCCC2)cc1C. The Hall–Kier alpha value is -2.29. The summed E-state index contributed by atoms with van der Waals surface area (Å²) in [6.45, 7) is 8.30. The molecule has 1 N–H and O–H groups in total. The number of hydrogen-bond donors (Lipinski definition) is 1. The van der Waals surface area contributed by atoms with Crippen molar-refractivity contribution < 1.29 is 9.53 Å². The van der Waals surface area contributed by atoms with E-state index in [1.807, 2.05) is 25.1 Å². The molecular weight excluding hydrogens is 334 g/mol. The first-order valence-corrected chi connectivity index (χ1v) is 10.1. The molecule has 0 unspecified atom stereocenters. The fourth-order valence-electron chi connectivity index (χ4n) is 3.98. The summed E-state index contributed by atoms with van der Waals surface area (Å²) in [6.07, 6.45) is 5.18. The molecule has 0 saturated heterocycles. The number of ether oxygens (including phenoxy) is 1. The van der Waals surface area contributed by atoms with Gasteiger partial charge in [0.2, 0.25) is 5.91 Å². The molecular formula is C24H31NO2. The Labute approximate surface area is 163 Å². The molecule has 1 saturated carbocycles. The van der Waals surface area contributed by atoms with E-state index in [9.17, 15) is 4.79 Å². The second-order valence-electron chi connectivity index (χ2n) is 7.93. The van der Waals surface area contributed by atoms with Crippen LogP contribution in [0.15, 0.2) is 42.5 Å². The van der Waals surface area contributed by atoms with Crippen LogP contribution in [0.1, 0.15) is 62.6 Å². The number of carbonyl (C=O) groups excluding carboxylic acids is 1. The van der Waals surface area contributed by atoms with Crippen LogP contribution in [-0.2, 0) is 10.2 Å². The lowest BCUT2D eigenvalue weighted by Crippen LogP contribution is -2.38. The van der Waals surface area contributed by atoms with Crippen molar-refractivity contribution in [3.8, 4) is 5.75 Å². The number of nitrogens with one attached hydrogen (secondary N) is 1. The molecule has 0 radical (unpaired) electrons. The summed E-state index contributed by atoms with van der Waals surface area (Å²) in [5, 5.41) is 3.18. The third kappa shape index (κ3) is 4.18. The first kappa shape index (κ1) is 19.5. The number of carbonyl (C=O) groups is 1. The highest BCUT2D eigenvalue weighted by atomic mass is 16.5. The minimum atomic E-state index is -0.411. The van der Waals surface area contributed by atoms with Crippen LogP contribution in [0.2, 0.25) is 0 Å². The van der Waals surface area contributed by atoms with E-state index in [4.69, 9.17) is 4.74 Å². The molecule has 144 valence electrons. The van der Waals surface area contributed by atoms with Crippen LogP contribution < -0.4 is 10.1 Å². The van der Waals surface area contributed by atoms with Gasteiger partial charge in [0.05, 0.1) is 11.5 Å². The first-order valence-electron chi connectivity index (χ1n) is 10.1.